The number of likely N-dealkylation sites (N-methyl/N-ethyl adjacent to an activating group) is 1. The molecule has 0 N–H and O–H groups in total. The van der Waals surface area contributed by atoms with Crippen LogP contribution in [-0.4, -0.2) is 40.6 Å². The first-order chi connectivity index (χ1) is 13.1. The lowest BCUT2D eigenvalue weighted by Gasteiger charge is -2.25. The van der Waals surface area contributed by atoms with E-state index in [-0.39, 0.29) is 18.0 Å². The molecule has 2 aromatic heterocycles. The fourth-order valence-corrected chi connectivity index (χ4v) is 4.24. The summed E-state index contributed by atoms with van der Waals surface area (Å²) in [7, 11) is 1.70. The highest BCUT2D eigenvalue weighted by atomic mass is 32.1. The zero-order valence-corrected chi connectivity index (χ0v) is 16.0. The normalized spacial score (nSPS) is 14.5. The lowest BCUT2D eigenvalue weighted by molar-refractivity contribution is -0.118. The molecule has 0 bridgehead atoms. The summed E-state index contributed by atoms with van der Waals surface area (Å²) in [5.41, 5.74) is 1.04. The third kappa shape index (κ3) is 3.57. The topological polar surface area (TPSA) is 71.3 Å². The van der Waals surface area contributed by atoms with Crippen LogP contribution in [-0.2, 0) is 11.3 Å². The van der Waals surface area contributed by atoms with E-state index in [0.29, 0.717) is 10.3 Å². The van der Waals surface area contributed by atoms with Crippen LogP contribution >= 0.6 is 11.3 Å². The minimum absolute atomic E-state index is 0.0515. The molecule has 1 saturated heterocycles. The first kappa shape index (κ1) is 17.7. The molecular weight excluding hydrogens is 362 g/mol. The number of carbonyl (C=O) groups is 1. The second kappa shape index (κ2) is 7.48. The van der Waals surface area contributed by atoms with Gasteiger partial charge in [-0.1, -0.05) is 29.5 Å². The molecule has 1 aliphatic rings. The van der Waals surface area contributed by atoms with Gasteiger partial charge in [-0.2, -0.15) is 4.98 Å². The summed E-state index contributed by atoms with van der Waals surface area (Å²) in [5.74, 6) is -0.176. The Labute approximate surface area is 160 Å². The maximum atomic E-state index is 12.8. The van der Waals surface area contributed by atoms with Gasteiger partial charge >= 0.3 is 0 Å². The standard InChI is InChI=1S/C19H21N5O2S/c1-22(14-8-4-2-5-9-14)15(25)12-24-13-20-17-16(18(24)26)27-19(21-17)23-10-6-3-7-11-23/h2,4-5,8-9,13H,3,6-7,10-12H2,1H3. The van der Waals surface area contributed by atoms with Gasteiger partial charge in [-0.25, -0.2) is 4.98 Å². The maximum Gasteiger partial charge on any atom is 0.273 e. The van der Waals surface area contributed by atoms with E-state index >= 15 is 0 Å². The summed E-state index contributed by atoms with van der Waals surface area (Å²) < 4.78 is 1.87. The minimum Gasteiger partial charge on any atom is -0.348 e. The van der Waals surface area contributed by atoms with Gasteiger partial charge in [0, 0.05) is 25.8 Å². The van der Waals surface area contributed by atoms with Gasteiger partial charge in [-0.3, -0.25) is 14.2 Å². The quantitative estimate of drug-likeness (QED) is 0.692. The second-order valence-corrected chi connectivity index (χ2v) is 7.64. The second-order valence-electron chi connectivity index (χ2n) is 6.66. The summed E-state index contributed by atoms with van der Waals surface area (Å²) in [6, 6.07) is 9.36. The van der Waals surface area contributed by atoms with Gasteiger partial charge in [0.1, 0.15) is 17.6 Å². The molecule has 0 saturated carbocycles. The highest BCUT2D eigenvalue weighted by Gasteiger charge is 2.19. The number of hydrogen-bond acceptors (Lipinski definition) is 6. The summed E-state index contributed by atoms with van der Waals surface area (Å²) in [5, 5.41) is 0.847. The van der Waals surface area contributed by atoms with Crippen molar-refractivity contribution in [2.75, 3.05) is 29.9 Å². The third-order valence-corrected chi connectivity index (χ3v) is 5.92. The summed E-state index contributed by atoms with van der Waals surface area (Å²) in [6.45, 7) is 1.88. The Morgan fingerprint density at radius 1 is 1.19 bits per heavy atom. The molecule has 0 unspecified atom stereocenters. The Balaban J connectivity index is 1.58. The molecule has 1 amide bonds. The fraction of sp³-hybridized carbons (Fsp3) is 0.368. The number of carbonyl (C=O) groups excluding carboxylic acids is 1. The predicted molar refractivity (Wildman–Crippen MR) is 108 cm³/mol. The van der Waals surface area contributed by atoms with E-state index in [2.05, 4.69) is 14.9 Å². The van der Waals surface area contributed by atoms with Gasteiger partial charge in [0.25, 0.3) is 5.56 Å². The average Bonchev–Trinajstić information content (AvgIpc) is 3.16. The fourth-order valence-electron chi connectivity index (χ4n) is 3.22. The smallest absolute Gasteiger partial charge is 0.273 e. The van der Waals surface area contributed by atoms with Crippen LogP contribution < -0.4 is 15.4 Å². The molecule has 3 aromatic rings. The van der Waals surface area contributed by atoms with E-state index in [1.807, 2.05) is 30.3 Å². The Kier molecular flexibility index (Phi) is 4.89. The number of hydrogen-bond donors (Lipinski definition) is 0. The molecule has 3 heterocycles. The van der Waals surface area contributed by atoms with E-state index in [9.17, 15) is 9.59 Å². The van der Waals surface area contributed by atoms with Crippen molar-refractivity contribution < 1.29 is 4.79 Å². The minimum atomic E-state index is -0.212. The molecule has 7 nitrogen and oxygen atoms in total. The molecule has 0 atom stereocenters. The van der Waals surface area contributed by atoms with Gasteiger partial charge in [0.2, 0.25) is 5.91 Å². The summed E-state index contributed by atoms with van der Waals surface area (Å²) in [6.07, 6.45) is 4.95. The van der Waals surface area contributed by atoms with Gasteiger partial charge in [0.15, 0.2) is 10.8 Å². The van der Waals surface area contributed by atoms with E-state index in [0.717, 1.165) is 36.8 Å². The molecule has 8 heteroatoms. The van der Waals surface area contributed by atoms with Crippen molar-refractivity contribution in [3.63, 3.8) is 0 Å². The van der Waals surface area contributed by atoms with Crippen LogP contribution in [0.15, 0.2) is 41.5 Å². The number of anilines is 2. The monoisotopic (exact) mass is 383 g/mol. The molecule has 0 spiro atoms. The molecule has 0 radical (unpaired) electrons. The van der Waals surface area contributed by atoms with Gasteiger partial charge in [0.05, 0.1) is 0 Å². The number of nitrogens with zero attached hydrogens (tertiary/aromatic N) is 5. The van der Waals surface area contributed by atoms with Gasteiger partial charge in [-0.15, -0.1) is 0 Å². The number of thiazole rings is 1. The van der Waals surface area contributed by atoms with Crippen molar-refractivity contribution in [2.45, 2.75) is 25.8 Å². The van der Waals surface area contributed by atoms with Crippen molar-refractivity contribution >= 4 is 38.4 Å². The third-order valence-electron chi connectivity index (χ3n) is 4.82. The first-order valence-corrected chi connectivity index (χ1v) is 9.87. The number of amides is 1. The van der Waals surface area contributed by atoms with Crippen LogP contribution in [0.25, 0.3) is 10.3 Å². The number of rotatable bonds is 4. The molecule has 140 valence electrons. The Hall–Kier alpha value is -2.74. The molecular formula is C19H21N5O2S. The molecule has 4 rings (SSSR count). The number of aromatic nitrogens is 3. The molecule has 27 heavy (non-hydrogen) atoms. The van der Waals surface area contributed by atoms with Crippen LogP contribution in [0.3, 0.4) is 0 Å². The SMILES string of the molecule is CN(C(=O)Cn1cnc2nc(N3CCCCC3)sc2c1=O)c1ccccc1. The first-order valence-electron chi connectivity index (χ1n) is 9.06. The molecule has 1 fully saturated rings. The lowest BCUT2D eigenvalue weighted by atomic mass is 10.1. The van der Waals surface area contributed by atoms with Gasteiger partial charge < -0.3 is 9.80 Å². The van der Waals surface area contributed by atoms with E-state index in [1.165, 1.54) is 28.7 Å². The van der Waals surface area contributed by atoms with Crippen LogP contribution in [0.4, 0.5) is 10.8 Å². The number of benzene rings is 1. The Morgan fingerprint density at radius 3 is 2.67 bits per heavy atom. The highest BCUT2D eigenvalue weighted by Crippen LogP contribution is 2.27. The van der Waals surface area contributed by atoms with E-state index in [1.54, 1.807) is 11.9 Å². The average molecular weight is 383 g/mol. The van der Waals surface area contributed by atoms with Crippen LogP contribution in [0.2, 0.25) is 0 Å². The largest absolute Gasteiger partial charge is 0.348 e. The molecule has 0 aliphatic carbocycles. The Bertz CT molecular complexity index is 1010. The van der Waals surface area contributed by atoms with Crippen molar-refractivity contribution in [3.8, 4) is 0 Å². The summed E-state index contributed by atoms with van der Waals surface area (Å²) in [4.78, 5) is 38.0. The predicted octanol–water partition coefficient (Wildman–Crippen LogP) is 2.51. The van der Waals surface area contributed by atoms with Crippen molar-refractivity contribution in [2.24, 2.45) is 0 Å². The van der Waals surface area contributed by atoms with Crippen LogP contribution in [0, 0.1) is 0 Å². The number of para-hydroxylation sites is 1. The number of fused-ring (bicyclic) bond motifs is 1. The number of piperidine rings is 1. The zero-order chi connectivity index (χ0) is 18.8. The Morgan fingerprint density at radius 2 is 1.93 bits per heavy atom. The van der Waals surface area contributed by atoms with Crippen LogP contribution in [0.5, 0.6) is 0 Å². The lowest BCUT2D eigenvalue weighted by Crippen LogP contribution is -2.33. The molecule has 1 aliphatic heterocycles. The van der Waals surface area contributed by atoms with Gasteiger partial charge in [-0.05, 0) is 31.4 Å². The van der Waals surface area contributed by atoms with E-state index < -0.39 is 0 Å². The van der Waals surface area contributed by atoms with Crippen LogP contribution in [0.1, 0.15) is 19.3 Å². The highest BCUT2D eigenvalue weighted by molar-refractivity contribution is 7.22. The van der Waals surface area contributed by atoms with Crippen molar-refractivity contribution in [1.82, 2.24) is 14.5 Å². The van der Waals surface area contributed by atoms with Crippen molar-refractivity contribution in [1.29, 1.82) is 0 Å². The maximum absolute atomic E-state index is 12.8. The zero-order valence-electron chi connectivity index (χ0n) is 15.2. The molecule has 1 aromatic carbocycles. The van der Waals surface area contributed by atoms with Crippen molar-refractivity contribution in [3.05, 3.63) is 47.0 Å². The van der Waals surface area contributed by atoms with E-state index in [4.69, 9.17) is 0 Å². The summed E-state index contributed by atoms with van der Waals surface area (Å²) >= 11 is 1.37.